The van der Waals surface area contributed by atoms with E-state index in [1.807, 2.05) is 27.7 Å². The van der Waals surface area contributed by atoms with E-state index in [-0.39, 0.29) is 30.3 Å². The van der Waals surface area contributed by atoms with Crippen molar-refractivity contribution in [3.8, 4) is 0 Å². The molecule has 7 heteroatoms. The van der Waals surface area contributed by atoms with Crippen LogP contribution in [0.25, 0.3) is 0 Å². The minimum Gasteiger partial charge on any atom is -0.367 e. The van der Waals surface area contributed by atoms with Crippen LogP contribution < -0.4 is 10.6 Å². The van der Waals surface area contributed by atoms with E-state index in [9.17, 15) is 19.8 Å². The number of rotatable bonds is 11. The lowest BCUT2D eigenvalue weighted by Crippen LogP contribution is -2.55. The molecule has 136 valence electrons. The fraction of sp³-hybridized carbons (Fsp3) is 0.875. The fourth-order valence-electron chi connectivity index (χ4n) is 2.43. The summed E-state index contributed by atoms with van der Waals surface area (Å²) in [6.07, 6.45) is 0.533. The van der Waals surface area contributed by atoms with Gasteiger partial charge in [0.1, 0.15) is 6.04 Å². The van der Waals surface area contributed by atoms with Gasteiger partial charge in [0, 0.05) is 6.54 Å². The molecule has 7 nitrogen and oxygen atoms in total. The number of aliphatic hydroxyl groups excluding tert-OH is 1. The summed E-state index contributed by atoms with van der Waals surface area (Å²) in [5.41, 5.74) is 0. The third-order valence-corrected chi connectivity index (χ3v) is 3.76. The quantitative estimate of drug-likeness (QED) is 0.401. The fourth-order valence-corrected chi connectivity index (χ4v) is 2.43. The zero-order chi connectivity index (χ0) is 18.0. The van der Waals surface area contributed by atoms with E-state index in [0.29, 0.717) is 13.0 Å². The lowest BCUT2D eigenvalue weighted by atomic mass is 10.0. The molecule has 0 aromatic carbocycles. The second kappa shape index (κ2) is 11.4. The Morgan fingerprint density at radius 1 is 1.17 bits per heavy atom. The van der Waals surface area contributed by atoms with E-state index in [2.05, 4.69) is 10.6 Å². The van der Waals surface area contributed by atoms with Crippen LogP contribution in [0.5, 0.6) is 0 Å². The van der Waals surface area contributed by atoms with Crippen LogP contribution in [0.1, 0.15) is 47.0 Å². The van der Waals surface area contributed by atoms with Crippen molar-refractivity contribution >= 4 is 11.8 Å². The van der Waals surface area contributed by atoms with Crippen LogP contribution in [0.3, 0.4) is 0 Å². The van der Waals surface area contributed by atoms with Crippen molar-refractivity contribution in [3.63, 3.8) is 0 Å². The van der Waals surface area contributed by atoms with Gasteiger partial charge in [-0.2, -0.15) is 0 Å². The molecule has 0 aliphatic heterocycles. The smallest absolute Gasteiger partial charge is 0.245 e. The van der Waals surface area contributed by atoms with Crippen LogP contribution in [0.2, 0.25) is 0 Å². The summed E-state index contributed by atoms with van der Waals surface area (Å²) in [6, 6.07) is -1.03. The molecule has 0 radical (unpaired) electrons. The van der Waals surface area contributed by atoms with Gasteiger partial charge in [0.2, 0.25) is 11.8 Å². The maximum absolute atomic E-state index is 12.6. The Labute approximate surface area is 139 Å². The van der Waals surface area contributed by atoms with Crippen LogP contribution in [0.4, 0.5) is 0 Å². The van der Waals surface area contributed by atoms with Crippen molar-refractivity contribution < 1.29 is 19.8 Å². The monoisotopic (exact) mass is 331 g/mol. The van der Waals surface area contributed by atoms with Crippen LogP contribution in [0, 0.1) is 5.92 Å². The van der Waals surface area contributed by atoms with Crippen LogP contribution in [-0.4, -0.2) is 65.4 Å². The molecule has 0 aromatic heterocycles. The van der Waals surface area contributed by atoms with Gasteiger partial charge in [0.25, 0.3) is 0 Å². The largest absolute Gasteiger partial charge is 0.367 e. The summed E-state index contributed by atoms with van der Waals surface area (Å²) in [5, 5.41) is 24.1. The molecular weight excluding hydrogens is 298 g/mol. The van der Waals surface area contributed by atoms with Crippen LogP contribution in [0.15, 0.2) is 0 Å². The highest BCUT2D eigenvalue weighted by Crippen LogP contribution is 2.06. The summed E-state index contributed by atoms with van der Waals surface area (Å²) in [6.45, 7) is 7.97. The number of carbonyl (C=O) groups excluding carboxylic acids is 2. The molecule has 4 N–H and O–H groups in total. The summed E-state index contributed by atoms with van der Waals surface area (Å²) >= 11 is 0. The summed E-state index contributed by atoms with van der Waals surface area (Å²) in [4.78, 5) is 26.3. The number of unbranched alkanes of at least 4 members (excludes halogenated alkanes) is 1. The van der Waals surface area contributed by atoms with Crippen molar-refractivity contribution in [2.75, 3.05) is 20.1 Å². The summed E-state index contributed by atoms with van der Waals surface area (Å²) in [5.74, 6) is -0.397. The highest BCUT2D eigenvalue weighted by molar-refractivity contribution is 5.89. The van der Waals surface area contributed by atoms with Crippen molar-refractivity contribution in [2.45, 2.75) is 65.3 Å². The molecule has 0 bridgehead atoms. The zero-order valence-corrected chi connectivity index (χ0v) is 15.0. The molecule has 0 fully saturated rings. The minimum absolute atomic E-state index is 0.100. The predicted molar refractivity (Wildman–Crippen MR) is 89.6 cm³/mol. The number of amides is 2. The zero-order valence-electron chi connectivity index (χ0n) is 15.0. The van der Waals surface area contributed by atoms with Gasteiger partial charge in [-0.1, -0.05) is 34.1 Å². The van der Waals surface area contributed by atoms with Gasteiger partial charge in [0.15, 0.2) is 6.29 Å². The molecule has 0 saturated heterocycles. The number of hydrogen-bond acceptors (Lipinski definition) is 5. The van der Waals surface area contributed by atoms with Crippen molar-refractivity contribution in [1.29, 1.82) is 0 Å². The maximum atomic E-state index is 12.6. The third kappa shape index (κ3) is 7.76. The first-order chi connectivity index (χ1) is 10.8. The van der Waals surface area contributed by atoms with E-state index in [0.717, 1.165) is 12.8 Å². The highest BCUT2D eigenvalue weighted by atomic mass is 16.5. The molecule has 23 heavy (non-hydrogen) atoms. The summed E-state index contributed by atoms with van der Waals surface area (Å²) < 4.78 is 0. The number of hydrogen-bond donors (Lipinski definition) is 4. The molecule has 2 unspecified atom stereocenters. The Morgan fingerprint density at radius 2 is 1.78 bits per heavy atom. The van der Waals surface area contributed by atoms with Crippen molar-refractivity contribution in [3.05, 3.63) is 0 Å². The number of nitrogens with zero attached hydrogens (tertiary/aromatic N) is 1. The van der Waals surface area contributed by atoms with Crippen LogP contribution in [-0.2, 0) is 9.59 Å². The first-order valence-electron chi connectivity index (χ1n) is 8.40. The second-order valence-electron chi connectivity index (χ2n) is 6.10. The van der Waals surface area contributed by atoms with E-state index in [1.165, 1.54) is 4.90 Å². The summed E-state index contributed by atoms with van der Waals surface area (Å²) in [7, 11) is 1.71. The normalized spacial score (nSPS) is 14.0. The molecule has 0 saturated carbocycles. The Kier molecular flexibility index (Phi) is 10.8. The van der Waals surface area contributed by atoms with E-state index < -0.39 is 12.3 Å². The standard InChI is InChI=1S/C16H33N3O4/c1-6-8-9-19(10-13(20)21)16(23)12(7-2)18-15(22)14(17-5)11(3)4/h11-14,17,20-21H,6-10H2,1-5H3,(H,18,22). The molecule has 2 atom stereocenters. The lowest BCUT2D eigenvalue weighted by molar-refractivity contribution is -0.142. The predicted octanol–water partition coefficient (Wildman–Crippen LogP) is 0.0646. The average Bonchev–Trinajstić information content (AvgIpc) is 2.48. The molecule has 2 amide bonds. The van der Waals surface area contributed by atoms with Gasteiger partial charge in [0.05, 0.1) is 12.6 Å². The third-order valence-electron chi connectivity index (χ3n) is 3.76. The highest BCUT2D eigenvalue weighted by Gasteiger charge is 2.28. The molecule has 0 rings (SSSR count). The van der Waals surface area contributed by atoms with Crippen molar-refractivity contribution in [1.82, 2.24) is 15.5 Å². The van der Waals surface area contributed by atoms with E-state index >= 15 is 0 Å². The molecular formula is C16H33N3O4. The maximum Gasteiger partial charge on any atom is 0.245 e. The average molecular weight is 331 g/mol. The van der Waals surface area contributed by atoms with Gasteiger partial charge in [-0.3, -0.25) is 9.59 Å². The SMILES string of the molecule is CCCCN(CC(O)O)C(=O)C(CC)NC(=O)C(NC)C(C)C. The van der Waals surface area contributed by atoms with Gasteiger partial charge in [-0.15, -0.1) is 0 Å². The van der Waals surface area contributed by atoms with Gasteiger partial charge in [-0.05, 0) is 25.8 Å². The van der Waals surface area contributed by atoms with Gasteiger partial charge >= 0.3 is 0 Å². The van der Waals surface area contributed by atoms with E-state index in [4.69, 9.17) is 0 Å². The Bertz CT molecular complexity index is 361. The van der Waals surface area contributed by atoms with E-state index in [1.54, 1.807) is 7.05 Å². The second-order valence-corrected chi connectivity index (χ2v) is 6.10. The van der Waals surface area contributed by atoms with Gasteiger partial charge < -0.3 is 25.7 Å². The molecule has 0 heterocycles. The molecule has 0 spiro atoms. The topological polar surface area (TPSA) is 102 Å². The first kappa shape index (κ1) is 21.8. The van der Waals surface area contributed by atoms with Gasteiger partial charge in [-0.25, -0.2) is 0 Å². The number of likely N-dealkylation sites (N-methyl/N-ethyl adjacent to an activating group) is 1. The van der Waals surface area contributed by atoms with Crippen molar-refractivity contribution in [2.24, 2.45) is 5.92 Å². The minimum atomic E-state index is -1.58. The number of carbonyl (C=O) groups is 2. The molecule has 0 aromatic rings. The Hall–Kier alpha value is -1.18. The van der Waals surface area contributed by atoms with Crippen LogP contribution >= 0.6 is 0 Å². The first-order valence-corrected chi connectivity index (χ1v) is 8.40. The molecule has 0 aliphatic rings. The number of nitrogens with one attached hydrogen (secondary N) is 2. The Balaban J connectivity index is 4.95. The lowest BCUT2D eigenvalue weighted by Gasteiger charge is -2.29. The number of aliphatic hydroxyl groups is 2. The Morgan fingerprint density at radius 3 is 2.17 bits per heavy atom. The molecule has 0 aliphatic carbocycles.